The molecular weight excluding hydrogens is 302 g/mol. The van der Waals surface area contributed by atoms with Gasteiger partial charge in [0.15, 0.2) is 0 Å². The average Bonchev–Trinajstić information content (AvgIpc) is 2.66. The number of nitrogens with zero attached hydrogens (tertiary/aromatic N) is 1. The Hall–Kier alpha value is -1.54. The summed E-state index contributed by atoms with van der Waals surface area (Å²) in [6, 6.07) is 0.949. The lowest BCUT2D eigenvalue weighted by Gasteiger charge is -2.22. The van der Waals surface area contributed by atoms with Crippen molar-refractivity contribution in [1.82, 2.24) is 4.90 Å². The van der Waals surface area contributed by atoms with Gasteiger partial charge in [-0.2, -0.15) is 0 Å². The molecule has 1 fully saturated rings. The van der Waals surface area contributed by atoms with Crippen LogP contribution < -0.4 is 5.14 Å². The highest BCUT2D eigenvalue weighted by Crippen LogP contribution is 2.26. The third-order valence-electron chi connectivity index (χ3n) is 3.60. The summed E-state index contributed by atoms with van der Waals surface area (Å²) in [5, 5.41) is 4.86. The summed E-state index contributed by atoms with van der Waals surface area (Å²) in [7, 11) is -4.37. The third-order valence-corrected chi connectivity index (χ3v) is 4.53. The van der Waals surface area contributed by atoms with Gasteiger partial charge in [-0.15, -0.1) is 0 Å². The Kier molecular flexibility index (Phi) is 4.03. The second-order valence-electron chi connectivity index (χ2n) is 5.45. The Morgan fingerprint density at radius 2 is 1.90 bits per heavy atom. The van der Waals surface area contributed by atoms with Crippen molar-refractivity contribution in [3.8, 4) is 0 Å². The van der Waals surface area contributed by atoms with Crippen LogP contribution >= 0.6 is 0 Å². The van der Waals surface area contributed by atoms with E-state index in [2.05, 4.69) is 0 Å². The van der Waals surface area contributed by atoms with Gasteiger partial charge in [-0.1, -0.05) is 6.92 Å². The molecule has 2 atom stereocenters. The van der Waals surface area contributed by atoms with E-state index in [0.717, 1.165) is 6.42 Å². The molecular formula is C13H16F2N2O3S. The number of nitrogens with two attached hydrogens (primary N) is 1. The van der Waals surface area contributed by atoms with Crippen molar-refractivity contribution in [3.63, 3.8) is 0 Å². The third kappa shape index (κ3) is 3.06. The van der Waals surface area contributed by atoms with Crippen LogP contribution in [0.4, 0.5) is 8.78 Å². The minimum absolute atomic E-state index is 0.0881. The summed E-state index contributed by atoms with van der Waals surface area (Å²) in [6.45, 7) is 4.23. The highest BCUT2D eigenvalue weighted by atomic mass is 32.2. The van der Waals surface area contributed by atoms with E-state index in [1.54, 1.807) is 0 Å². The predicted octanol–water partition coefficient (Wildman–Crippen LogP) is 1.48. The maximum atomic E-state index is 13.8. The van der Waals surface area contributed by atoms with E-state index in [0.29, 0.717) is 18.7 Å². The van der Waals surface area contributed by atoms with Crippen LogP contribution in [-0.4, -0.2) is 31.8 Å². The minimum atomic E-state index is -4.37. The highest BCUT2D eigenvalue weighted by molar-refractivity contribution is 7.89. The maximum Gasteiger partial charge on any atom is 0.257 e. The molecule has 1 amide bonds. The molecule has 1 aliphatic heterocycles. The molecule has 1 heterocycles. The zero-order valence-corrected chi connectivity index (χ0v) is 12.5. The second kappa shape index (κ2) is 5.34. The first kappa shape index (κ1) is 15.8. The Labute approximate surface area is 121 Å². The number of halogens is 2. The van der Waals surface area contributed by atoms with Gasteiger partial charge in [0.2, 0.25) is 10.0 Å². The van der Waals surface area contributed by atoms with E-state index >= 15 is 0 Å². The molecule has 21 heavy (non-hydrogen) atoms. The standard InChI is InChI=1S/C13H16F2N2O3S/c1-7-3-8(2)17(6-7)13(18)9-4-12(21(16,19)20)11(15)5-10(9)14/h4-5,7-8H,3,6H2,1-2H3,(H2,16,19,20). The van der Waals surface area contributed by atoms with E-state index in [-0.39, 0.29) is 12.0 Å². The fourth-order valence-electron chi connectivity index (χ4n) is 2.65. The van der Waals surface area contributed by atoms with E-state index in [9.17, 15) is 22.0 Å². The summed E-state index contributed by atoms with van der Waals surface area (Å²) in [5.41, 5.74) is -0.485. The van der Waals surface area contributed by atoms with E-state index < -0.39 is 38.0 Å². The zero-order valence-electron chi connectivity index (χ0n) is 11.6. The van der Waals surface area contributed by atoms with Crippen molar-refractivity contribution in [2.75, 3.05) is 6.54 Å². The molecule has 0 spiro atoms. The van der Waals surface area contributed by atoms with Crippen LogP contribution in [0.3, 0.4) is 0 Å². The zero-order chi connectivity index (χ0) is 15.9. The lowest BCUT2D eigenvalue weighted by molar-refractivity contribution is 0.0738. The van der Waals surface area contributed by atoms with Crippen molar-refractivity contribution in [2.24, 2.45) is 11.1 Å². The molecule has 2 rings (SSSR count). The van der Waals surface area contributed by atoms with Gasteiger partial charge in [0.1, 0.15) is 16.5 Å². The number of carbonyl (C=O) groups excluding carboxylic acids is 1. The predicted molar refractivity (Wildman–Crippen MR) is 72.0 cm³/mol. The second-order valence-corrected chi connectivity index (χ2v) is 6.98. The van der Waals surface area contributed by atoms with Crippen molar-refractivity contribution in [3.05, 3.63) is 29.3 Å². The van der Waals surface area contributed by atoms with Gasteiger partial charge >= 0.3 is 0 Å². The molecule has 0 aromatic heterocycles. The topological polar surface area (TPSA) is 80.5 Å². The maximum absolute atomic E-state index is 13.8. The molecule has 0 radical (unpaired) electrons. The molecule has 5 nitrogen and oxygen atoms in total. The molecule has 1 saturated heterocycles. The van der Waals surface area contributed by atoms with Crippen LogP contribution in [0.5, 0.6) is 0 Å². The Morgan fingerprint density at radius 1 is 1.29 bits per heavy atom. The van der Waals surface area contributed by atoms with Gasteiger partial charge in [-0.3, -0.25) is 4.79 Å². The smallest absolute Gasteiger partial charge is 0.257 e. The lowest BCUT2D eigenvalue weighted by Crippen LogP contribution is -2.34. The summed E-state index contributed by atoms with van der Waals surface area (Å²) in [4.78, 5) is 12.9. The molecule has 0 saturated carbocycles. The quantitative estimate of drug-likeness (QED) is 0.897. The number of likely N-dealkylation sites (tertiary alicyclic amines) is 1. The average molecular weight is 318 g/mol. The van der Waals surface area contributed by atoms with Crippen LogP contribution in [0.2, 0.25) is 0 Å². The van der Waals surface area contributed by atoms with E-state index in [1.165, 1.54) is 4.90 Å². The Bertz CT molecular complexity index is 691. The summed E-state index contributed by atoms with van der Waals surface area (Å²) >= 11 is 0. The first-order valence-electron chi connectivity index (χ1n) is 6.44. The summed E-state index contributed by atoms with van der Waals surface area (Å²) in [6.07, 6.45) is 0.774. The normalized spacial score (nSPS) is 22.6. The van der Waals surface area contributed by atoms with E-state index in [4.69, 9.17) is 5.14 Å². The number of amides is 1. The fraction of sp³-hybridized carbons (Fsp3) is 0.462. The van der Waals surface area contributed by atoms with Gasteiger partial charge in [-0.05, 0) is 25.3 Å². The summed E-state index contributed by atoms with van der Waals surface area (Å²) < 4.78 is 49.8. The van der Waals surface area contributed by atoms with Crippen molar-refractivity contribution >= 4 is 15.9 Å². The number of hydrogen-bond donors (Lipinski definition) is 1. The van der Waals surface area contributed by atoms with Gasteiger partial charge in [0, 0.05) is 18.7 Å². The molecule has 1 aliphatic rings. The minimum Gasteiger partial charge on any atom is -0.336 e. The first-order valence-corrected chi connectivity index (χ1v) is 7.98. The molecule has 2 N–H and O–H groups in total. The fourth-order valence-corrected chi connectivity index (χ4v) is 3.26. The van der Waals surface area contributed by atoms with E-state index in [1.807, 2.05) is 13.8 Å². The number of primary sulfonamides is 1. The van der Waals surface area contributed by atoms with Crippen molar-refractivity contribution in [2.45, 2.75) is 31.2 Å². The SMILES string of the molecule is CC1CC(C)N(C(=O)c2cc(S(N)(=O)=O)c(F)cc2F)C1. The van der Waals surface area contributed by atoms with Crippen LogP contribution in [0, 0.1) is 17.6 Å². The summed E-state index contributed by atoms with van der Waals surface area (Å²) in [5.74, 6) is -2.80. The van der Waals surface area contributed by atoms with Gasteiger partial charge in [-0.25, -0.2) is 22.3 Å². The van der Waals surface area contributed by atoms with Gasteiger partial charge in [0.05, 0.1) is 5.56 Å². The molecule has 0 aliphatic carbocycles. The van der Waals surface area contributed by atoms with Gasteiger partial charge in [0.25, 0.3) is 5.91 Å². The van der Waals surface area contributed by atoms with Crippen molar-refractivity contribution < 1.29 is 22.0 Å². The van der Waals surface area contributed by atoms with Crippen LogP contribution in [0.15, 0.2) is 17.0 Å². The molecule has 1 aromatic carbocycles. The molecule has 116 valence electrons. The molecule has 1 aromatic rings. The largest absolute Gasteiger partial charge is 0.336 e. The Balaban J connectivity index is 2.47. The molecule has 0 bridgehead atoms. The molecule has 8 heteroatoms. The number of sulfonamides is 1. The van der Waals surface area contributed by atoms with Crippen LogP contribution in [-0.2, 0) is 10.0 Å². The van der Waals surface area contributed by atoms with Gasteiger partial charge < -0.3 is 4.90 Å². The number of rotatable bonds is 2. The molecule has 2 unspecified atom stereocenters. The van der Waals surface area contributed by atoms with Crippen molar-refractivity contribution in [1.29, 1.82) is 0 Å². The lowest BCUT2D eigenvalue weighted by atomic mass is 10.1. The number of carbonyl (C=O) groups is 1. The highest BCUT2D eigenvalue weighted by Gasteiger charge is 2.32. The van der Waals surface area contributed by atoms with Crippen LogP contribution in [0.1, 0.15) is 30.6 Å². The number of hydrogen-bond acceptors (Lipinski definition) is 3. The number of benzene rings is 1. The monoisotopic (exact) mass is 318 g/mol. The first-order chi connectivity index (χ1) is 9.61. The van der Waals surface area contributed by atoms with Crippen LogP contribution in [0.25, 0.3) is 0 Å². The Morgan fingerprint density at radius 3 is 2.38 bits per heavy atom.